The Morgan fingerprint density at radius 2 is 1.70 bits per heavy atom. The maximum Gasteiger partial charge on any atom is 0.270 e. The maximum atomic E-state index is 14.1. The second-order valence-electron chi connectivity index (χ2n) is 13.2. The van der Waals surface area contributed by atoms with Crippen molar-refractivity contribution in [1.82, 2.24) is 30.7 Å². The van der Waals surface area contributed by atoms with Crippen molar-refractivity contribution in [3.63, 3.8) is 0 Å². The molecule has 0 saturated carbocycles. The highest BCUT2D eigenvalue weighted by molar-refractivity contribution is 5.94. The van der Waals surface area contributed by atoms with Gasteiger partial charge in [-0.05, 0) is 47.7 Å². The number of carbonyl (C=O) groups excluding carboxylic acids is 5. The first-order valence-electron chi connectivity index (χ1n) is 17.0. The molecule has 0 aliphatic carbocycles. The molecular weight excluding hydrogens is 640 g/mol. The second-order valence-corrected chi connectivity index (χ2v) is 13.2. The number of aromatic amines is 1. The lowest BCUT2D eigenvalue weighted by atomic mass is 9.93. The van der Waals surface area contributed by atoms with Crippen molar-refractivity contribution >= 4 is 29.5 Å². The maximum absolute atomic E-state index is 14.1. The van der Waals surface area contributed by atoms with Crippen molar-refractivity contribution in [2.24, 2.45) is 5.92 Å². The third kappa shape index (κ3) is 9.50. The lowest BCUT2D eigenvalue weighted by Gasteiger charge is -2.29. The van der Waals surface area contributed by atoms with E-state index in [2.05, 4.69) is 20.9 Å². The first-order chi connectivity index (χ1) is 24.1. The molecule has 2 bridgehead atoms. The minimum Gasteiger partial charge on any atom is -0.484 e. The molecule has 3 aromatic rings. The number of rotatable bonds is 8. The van der Waals surface area contributed by atoms with E-state index in [0.717, 1.165) is 11.1 Å². The third-order valence-corrected chi connectivity index (χ3v) is 8.91. The van der Waals surface area contributed by atoms with Crippen molar-refractivity contribution in [3.8, 4) is 5.75 Å². The van der Waals surface area contributed by atoms with Gasteiger partial charge < -0.3 is 40.2 Å². The summed E-state index contributed by atoms with van der Waals surface area (Å²) in [6, 6.07) is 17.6. The Hall–Kier alpha value is -5.17. The van der Waals surface area contributed by atoms with Crippen LogP contribution in [0.3, 0.4) is 0 Å². The zero-order chi connectivity index (χ0) is 35.6. The first kappa shape index (κ1) is 36.1. The summed E-state index contributed by atoms with van der Waals surface area (Å²) in [6.07, 6.45) is 2.22. The second kappa shape index (κ2) is 17.0. The molecule has 1 saturated heterocycles. The Kier molecular flexibility index (Phi) is 12.3. The number of likely N-dealkylation sites (tertiary alicyclic amines) is 1. The van der Waals surface area contributed by atoms with Crippen molar-refractivity contribution in [2.75, 3.05) is 46.5 Å². The van der Waals surface area contributed by atoms with Gasteiger partial charge in [0.05, 0.1) is 19.2 Å². The summed E-state index contributed by atoms with van der Waals surface area (Å²) in [5.41, 5.74) is 2.07. The molecule has 266 valence electrons. The molecule has 0 unspecified atom stereocenters. The van der Waals surface area contributed by atoms with Crippen molar-refractivity contribution < 1.29 is 33.4 Å². The summed E-state index contributed by atoms with van der Waals surface area (Å²) in [5.74, 6) is -1.91. The molecule has 4 atom stereocenters. The quantitative estimate of drug-likeness (QED) is 0.281. The van der Waals surface area contributed by atoms with Crippen LogP contribution < -0.4 is 20.7 Å². The van der Waals surface area contributed by atoms with Gasteiger partial charge in [-0.1, -0.05) is 56.3 Å². The van der Waals surface area contributed by atoms with Crippen LogP contribution in [-0.2, 0) is 30.3 Å². The van der Waals surface area contributed by atoms with Crippen LogP contribution in [0.15, 0.2) is 72.9 Å². The van der Waals surface area contributed by atoms with Gasteiger partial charge in [0, 0.05) is 45.3 Å². The third-order valence-electron chi connectivity index (χ3n) is 8.91. The van der Waals surface area contributed by atoms with Gasteiger partial charge in [-0.2, -0.15) is 0 Å². The van der Waals surface area contributed by atoms with Gasteiger partial charge in [-0.15, -0.1) is 0 Å². The standard InChI is InChI=1S/C37H46N6O7/c1-24(2)17-31-37(48)42(15-16-49-3)22-33(44)39-30(18-25-9-5-4-6-10-25)35(46)41-32-21-43(36(47)29-13-8-14-38-29)20-28(32)26-11-7-12-27(19-26)50-23-34(45)40-31/h4-14,19,24,28,30-32,38H,15-18,20-23H2,1-3H3,(H,39,44)(H,40,45)(H,41,46)/t28-,30+,31-,32+/m1/s1. The molecule has 13 heteroatoms. The van der Waals surface area contributed by atoms with E-state index in [-0.39, 0.29) is 57.0 Å². The van der Waals surface area contributed by atoms with Crippen molar-refractivity contribution in [1.29, 1.82) is 0 Å². The van der Waals surface area contributed by atoms with Crippen LogP contribution in [0.4, 0.5) is 0 Å². The van der Waals surface area contributed by atoms with Gasteiger partial charge in [0.2, 0.25) is 17.7 Å². The SMILES string of the molecule is COCCN1CC(=O)N[C@@H](Cc2ccccc2)C(=O)N[C@H]2CN(C(=O)c3ccc[nH]3)C[C@@H]2c2cccc(c2)OCC(=O)N[C@H](CC(C)C)C1=O. The molecule has 1 fully saturated rings. The van der Waals surface area contributed by atoms with E-state index in [0.29, 0.717) is 24.4 Å². The fraction of sp³-hybridized carbons (Fsp3) is 0.432. The van der Waals surface area contributed by atoms with Gasteiger partial charge in [0.1, 0.15) is 23.5 Å². The topological polar surface area (TPSA) is 162 Å². The predicted molar refractivity (Wildman–Crippen MR) is 185 cm³/mol. The predicted octanol–water partition coefficient (Wildman–Crippen LogP) is 1.86. The number of nitrogens with zero attached hydrogens (tertiary/aromatic N) is 2. The van der Waals surface area contributed by atoms with Crippen molar-refractivity contribution in [2.45, 2.75) is 50.7 Å². The lowest BCUT2D eigenvalue weighted by molar-refractivity contribution is -0.141. The van der Waals surface area contributed by atoms with Crippen LogP contribution in [0.1, 0.15) is 47.8 Å². The molecule has 5 amide bonds. The molecule has 2 aliphatic rings. The largest absolute Gasteiger partial charge is 0.484 e. The minimum atomic E-state index is -0.988. The number of benzene rings is 2. The van der Waals surface area contributed by atoms with E-state index < -0.39 is 41.8 Å². The Balaban J connectivity index is 1.50. The van der Waals surface area contributed by atoms with E-state index in [4.69, 9.17) is 9.47 Å². The molecule has 5 rings (SSSR count). The fourth-order valence-electron chi connectivity index (χ4n) is 6.44. The van der Waals surface area contributed by atoms with Gasteiger partial charge in [-0.3, -0.25) is 24.0 Å². The highest BCUT2D eigenvalue weighted by Gasteiger charge is 2.39. The van der Waals surface area contributed by atoms with Crippen LogP contribution in [0.25, 0.3) is 0 Å². The number of ether oxygens (including phenoxy) is 2. The number of H-pyrrole nitrogens is 1. The lowest BCUT2D eigenvalue weighted by Crippen LogP contribution is -2.56. The summed E-state index contributed by atoms with van der Waals surface area (Å²) in [4.78, 5) is 74.3. The van der Waals surface area contributed by atoms with Crippen LogP contribution in [-0.4, -0.2) is 109 Å². The summed E-state index contributed by atoms with van der Waals surface area (Å²) >= 11 is 0. The molecule has 13 nitrogen and oxygen atoms in total. The molecule has 0 spiro atoms. The number of nitrogens with one attached hydrogen (secondary N) is 4. The van der Waals surface area contributed by atoms with Crippen LogP contribution >= 0.6 is 0 Å². The van der Waals surface area contributed by atoms with E-state index >= 15 is 0 Å². The molecular formula is C37H46N6O7. The summed E-state index contributed by atoms with van der Waals surface area (Å²) in [7, 11) is 1.50. The van der Waals surface area contributed by atoms with Crippen LogP contribution in [0, 0.1) is 5.92 Å². The summed E-state index contributed by atoms with van der Waals surface area (Å²) < 4.78 is 11.1. The monoisotopic (exact) mass is 686 g/mol. The van der Waals surface area contributed by atoms with Gasteiger partial charge in [0.15, 0.2) is 6.61 Å². The molecule has 2 aliphatic heterocycles. The zero-order valence-corrected chi connectivity index (χ0v) is 28.7. The summed E-state index contributed by atoms with van der Waals surface area (Å²) in [6.45, 7) is 3.99. The number of hydrogen-bond acceptors (Lipinski definition) is 7. The van der Waals surface area contributed by atoms with Crippen molar-refractivity contribution in [3.05, 3.63) is 89.7 Å². The molecule has 1 aromatic heterocycles. The van der Waals surface area contributed by atoms with Gasteiger partial charge in [0.25, 0.3) is 11.8 Å². The van der Waals surface area contributed by atoms with Crippen LogP contribution in [0.5, 0.6) is 5.75 Å². The number of fused-ring (bicyclic) bond motifs is 4. The van der Waals surface area contributed by atoms with E-state index in [1.807, 2.05) is 50.2 Å². The van der Waals surface area contributed by atoms with Gasteiger partial charge >= 0.3 is 0 Å². The molecule has 2 aromatic carbocycles. The summed E-state index contributed by atoms with van der Waals surface area (Å²) in [5, 5.41) is 8.82. The number of methoxy groups -OCH3 is 1. The number of carbonyl (C=O) groups is 5. The highest BCUT2D eigenvalue weighted by Crippen LogP contribution is 2.31. The van der Waals surface area contributed by atoms with E-state index in [1.165, 1.54) is 12.0 Å². The number of aromatic nitrogens is 1. The molecule has 50 heavy (non-hydrogen) atoms. The highest BCUT2D eigenvalue weighted by atomic mass is 16.5. The average molecular weight is 687 g/mol. The average Bonchev–Trinajstić information content (AvgIpc) is 3.79. The Bertz CT molecular complexity index is 1630. The van der Waals surface area contributed by atoms with Gasteiger partial charge in [-0.25, -0.2) is 0 Å². The van der Waals surface area contributed by atoms with E-state index in [9.17, 15) is 24.0 Å². The Morgan fingerprint density at radius 1 is 0.920 bits per heavy atom. The van der Waals surface area contributed by atoms with Crippen LogP contribution in [0.2, 0.25) is 0 Å². The zero-order valence-electron chi connectivity index (χ0n) is 28.7. The number of hydrogen-bond donors (Lipinski definition) is 4. The molecule has 4 N–H and O–H groups in total. The fourth-order valence-corrected chi connectivity index (χ4v) is 6.44. The molecule has 0 radical (unpaired) electrons. The molecule has 3 heterocycles. The number of amides is 5. The Labute approximate surface area is 292 Å². The Morgan fingerprint density at radius 3 is 2.42 bits per heavy atom. The normalized spacial score (nSPS) is 22.2. The first-order valence-corrected chi connectivity index (χ1v) is 17.0. The van der Waals surface area contributed by atoms with E-state index in [1.54, 1.807) is 41.4 Å². The smallest absolute Gasteiger partial charge is 0.270 e. The minimum absolute atomic E-state index is 0.0552.